The maximum Gasteiger partial charge on any atom is 0.255 e. The molecule has 0 aromatic heterocycles. The molecule has 1 rings (SSSR count). The molecule has 7 nitrogen and oxygen atoms in total. The molecule has 0 heterocycles. The first-order chi connectivity index (χ1) is 11.0. The van der Waals surface area contributed by atoms with E-state index in [2.05, 4.69) is 10.6 Å². The van der Waals surface area contributed by atoms with Gasteiger partial charge in [0.05, 0.1) is 11.1 Å². The van der Waals surface area contributed by atoms with E-state index in [-0.39, 0.29) is 29.9 Å². The van der Waals surface area contributed by atoms with E-state index < -0.39 is 11.9 Å². The van der Waals surface area contributed by atoms with Crippen molar-refractivity contribution in [1.29, 1.82) is 0 Å². The first kappa shape index (κ1) is 18.3. The van der Waals surface area contributed by atoms with Gasteiger partial charge in [0.1, 0.15) is 12.3 Å². The number of rotatable bonds is 8. The minimum atomic E-state index is -0.782. The second kappa shape index (κ2) is 8.67. The number of aldehydes is 2. The zero-order valence-electron chi connectivity index (χ0n) is 13.5. The Morgan fingerprint density at radius 1 is 1.26 bits per heavy atom. The normalized spacial score (nSPS) is 11.3. The van der Waals surface area contributed by atoms with Gasteiger partial charge in [-0.2, -0.15) is 0 Å². The average Bonchev–Trinajstić information content (AvgIpc) is 2.59. The molecule has 0 fully saturated rings. The van der Waals surface area contributed by atoms with Gasteiger partial charge in [0.2, 0.25) is 5.91 Å². The lowest BCUT2D eigenvalue weighted by Gasteiger charge is -2.27. The highest BCUT2D eigenvalue weighted by atomic mass is 16.2. The van der Waals surface area contributed by atoms with Crippen LogP contribution in [0.2, 0.25) is 0 Å². The lowest BCUT2D eigenvalue weighted by atomic mass is 10.0. The molecule has 1 unspecified atom stereocenters. The molecule has 0 radical (unpaired) electrons. The van der Waals surface area contributed by atoms with E-state index in [4.69, 9.17) is 0 Å². The van der Waals surface area contributed by atoms with Crippen LogP contribution in [0.1, 0.15) is 33.6 Å². The summed E-state index contributed by atoms with van der Waals surface area (Å²) >= 11 is 0. The van der Waals surface area contributed by atoms with Crippen LogP contribution in [0.4, 0.5) is 5.69 Å². The molecule has 23 heavy (non-hydrogen) atoms. The highest BCUT2D eigenvalue weighted by Gasteiger charge is 2.28. The molecule has 2 N–H and O–H groups in total. The number of carbonyl (C=O) groups excluding carboxylic acids is 4. The van der Waals surface area contributed by atoms with Gasteiger partial charge in [-0.15, -0.1) is 0 Å². The molecular weight excluding hydrogens is 298 g/mol. The van der Waals surface area contributed by atoms with Gasteiger partial charge in [-0.1, -0.05) is 6.07 Å². The molecule has 0 aliphatic carbocycles. The first-order valence-corrected chi connectivity index (χ1v) is 7.20. The highest BCUT2D eigenvalue weighted by Crippen LogP contribution is 2.20. The third-order valence-corrected chi connectivity index (χ3v) is 3.62. The molecule has 1 atom stereocenters. The smallest absolute Gasteiger partial charge is 0.255 e. The van der Waals surface area contributed by atoms with E-state index in [1.165, 1.54) is 25.1 Å². The Morgan fingerprint density at radius 3 is 2.48 bits per heavy atom. The topological polar surface area (TPSA) is 95.6 Å². The molecule has 1 aromatic rings. The summed E-state index contributed by atoms with van der Waals surface area (Å²) in [7, 11) is 4.60. The summed E-state index contributed by atoms with van der Waals surface area (Å²) in [6.07, 6.45) is 1.68. The molecule has 0 spiro atoms. The molecule has 124 valence electrons. The van der Waals surface area contributed by atoms with E-state index in [0.717, 1.165) is 0 Å². The van der Waals surface area contributed by atoms with Gasteiger partial charge < -0.3 is 20.3 Å². The fourth-order valence-corrected chi connectivity index (χ4v) is 2.32. The van der Waals surface area contributed by atoms with E-state index in [1.807, 2.05) is 0 Å². The summed E-state index contributed by atoms with van der Waals surface area (Å²) in [5.74, 6) is -0.816. The number of benzene rings is 1. The minimum Gasteiger partial charge on any atom is -0.388 e. The quantitative estimate of drug-likeness (QED) is 0.688. The van der Waals surface area contributed by atoms with Crippen LogP contribution in [0.15, 0.2) is 18.2 Å². The number of amides is 2. The van der Waals surface area contributed by atoms with Crippen molar-refractivity contribution >= 4 is 30.1 Å². The van der Waals surface area contributed by atoms with Crippen molar-refractivity contribution in [3.8, 4) is 0 Å². The summed E-state index contributed by atoms with van der Waals surface area (Å²) in [6, 6.07) is 4.09. The maximum absolute atomic E-state index is 12.7. The van der Waals surface area contributed by atoms with Gasteiger partial charge >= 0.3 is 0 Å². The van der Waals surface area contributed by atoms with Crippen LogP contribution in [0.5, 0.6) is 0 Å². The molecule has 0 aliphatic heterocycles. The predicted octanol–water partition coefficient (Wildman–Crippen LogP) is 0.706. The first-order valence-electron chi connectivity index (χ1n) is 7.20. The van der Waals surface area contributed by atoms with E-state index in [9.17, 15) is 19.2 Å². The van der Waals surface area contributed by atoms with Crippen LogP contribution in [0, 0.1) is 0 Å². The molecule has 1 aromatic carbocycles. The van der Waals surface area contributed by atoms with Gasteiger partial charge in [0, 0.05) is 33.3 Å². The van der Waals surface area contributed by atoms with Crippen LogP contribution in [-0.2, 0) is 9.59 Å². The second-order valence-electron chi connectivity index (χ2n) is 4.92. The van der Waals surface area contributed by atoms with Crippen molar-refractivity contribution in [1.82, 2.24) is 10.2 Å². The largest absolute Gasteiger partial charge is 0.388 e. The zero-order valence-corrected chi connectivity index (χ0v) is 13.5. The number of hydrogen-bond acceptors (Lipinski definition) is 5. The van der Waals surface area contributed by atoms with Gasteiger partial charge in [0.25, 0.3) is 5.91 Å². The summed E-state index contributed by atoms with van der Waals surface area (Å²) in [5, 5.41) is 5.33. The summed E-state index contributed by atoms with van der Waals surface area (Å²) < 4.78 is 0. The summed E-state index contributed by atoms with van der Waals surface area (Å²) in [4.78, 5) is 47.8. The molecule has 0 aliphatic rings. The number of nitrogens with one attached hydrogen (secondary N) is 2. The Balaban J connectivity index is 3.17. The molecule has 7 heteroatoms. The van der Waals surface area contributed by atoms with Crippen molar-refractivity contribution < 1.29 is 19.2 Å². The van der Waals surface area contributed by atoms with Crippen molar-refractivity contribution in [3.05, 3.63) is 29.3 Å². The fourth-order valence-electron chi connectivity index (χ4n) is 2.32. The van der Waals surface area contributed by atoms with Crippen molar-refractivity contribution in [2.45, 2.75) is 18.9 Å². The molecule has 0 saturated heterocycles. The fraction of sp³-hybridized carbons (Fsp3) is 0.375. The van der Waals surface area contributed by atoms with Gasteiger partial charge in [-0.3, -0.25) is 14.4 Å². The Morgan fingerprint density at radius 2 is 1.96 bits per heavy atom. The van der Waals surface area contributed by atoms with Gasteiger partial charge in [0.15, 0.2) is 6.29 Å². The minimum absolute atomic E-state index is 0.160. The standard InChI is InChI=1S/C16H21N3O4/c1-17-13-7-4-6-11(12(13)10-21)16(23)19(3)14(8-5-9-20)15(22)18-2/h4,6-7,9-10,14,17H,5,8H2,1-3H3,(H,18,22). The second-order valence-corrected chi connectivity index (χ2v) is 4.92. The summed E-state index contributed by atoms with van der Waals surface area (Å²) in [5.41, 5.74) is 0.968. The van der Waals surface area contributed by atoms with Gasteiger partial charge in [-0.25, -0.2) is 0 Å². The van der Waals surface area contributed by atoms with Gasteiger partial charge in [-0.05, 0) is 18.6 Å². The van der Waals surface area contributed by atoms with Crippen molar-refractivity contribution in [2.24, 2.45) is 0 Å². The third kappa shape index (κ3) is 4.15. The Labute approximate surface area is 135 Å². The van der Waals surface area contributed by atoms with E-state index >= 15 is 0 Å². The predicted molar refractivity (Wildman–Crippen MR) is 86.6 cm³/mol. The van der Waals surface area contributed by atoms with Crippen molar-refractivity contribution in [3.63, 3.8) is 0 Å². The highest BCUT2D eigenvalue weighted by molar-refractivity contribution is 6.05. The van der Waals surface area contributed by atoms with Crippen LogP contribution in [-0.4, -0.2) is 56.5 Å². The number of anilines is 1. The number of nitrogens with zero attached hydrogens (tertiary/aromatic N) is 1. The maximum atomic E-state index is 12.7. The molecule has 2 amide bonds. The monoisotopic (exact) mass is 319 g/mol. The number of likely N-dealkylation sites (N-methyl/N-ethyl adjacent to an activating group) is 2. The average molecular weight is 319 g/mol. The molecular formula is C16H21N3O4. The zero-order chi connectivity index (χ0) is 17.4. The SMILES string of the molecule is CNC(=O)C(CCC=O)N(C)C(=O)c1cccc(NC)c1C=O. The lowest BCUT2D eigenvalue weighted by molar-refractivity contribution is -0.125. The Hall–Kier alpha value is -2.70. The van der Waals surface area contributed by atoms with Crippen LogP contribution in [0.3, 0.4) is 0 Å². The van der Waals surface area contributed by atoms with Crippen LogP contribution >= 0.6 is 0 Å². The van der Waals surface area contributed by atoms with E-state index in [0.29, 0.717) is 18.3 Å². The third-order valence-electron chi connectivity index (χ3n) is 3.62. The van der Waals surface area contributed by atoms with Crippen molar-refractivity contribution in [2.75, 3.05) is 26.5 Å². The Bertz CT molecular complexity index is 601. The van der Waals surface area contributed by atoms with E-state index in [1.54, 1.807) is 19.2 Å². The number of carbonyl (C=O) groups is 4. The molecule has 0 bridgehead atoms. The number of hydrogen-bond donors (Lipinski definition) is 2. The lowest BCUT2D eigenvalue weighted by Crippen LogP contribution is -2.47. The Kier molecular flexibility index (Phi) is 6.92. The van der Waals surface area contributed by atoms with Crippen LogP contribution in [0.25, 0.3) is 0 Å². The summed E-state index contributed by atoms with van der Waals surface area (Å²) in [6.45, 7) is 0. The molecule has 0 saturated carbocycles. The van der Waals surface area contributed by atoms with Crippen LogP contribution < -0.4 is 10.6 Å².